The van der Waals surface area contributed by atoms with Crippen LogP contribution in [0.4, 0.5) is 5.69 Å². The third kappa shape index (κ3) is 3.98. The summed E-state index contributed by atoms with van der Waals surface area (Å²) in [7, 11) is -3.40. The van der Waals surface area contributed by atoms with Crippen molar-refractivity contribution < 1.29 is 8.42 Å². The van der Waals surface area contributed by atoms with Gasteiger partial charge in [0.1, 0.15) is 0 Å². The van der Waals surface area contributed by atoms with Crippen molar-refractivity contribution in [2.24, 2.45) is 0 Å². The predicted molar refractivity (Wildman–Crippen MR) is 99.6 cm³/mol. The fraction of sp³-hybridized carbons (Fsp3) is 0.222. The molecular formula is C18H19ClN2O2S. The van der Waals surface area contributed by atoms with E-state index in [-0.39, 0.29) is 0 Å². The minimum Gasteiger partial charge on any atom is -0.368 e. The molecule has 1 aliphatic rings. The van der Waals surface area contributed by atoms with Crippen molar-refractivity contribution in [2.45, 2.75) is 0 Å². The fourth-order valence-corrected chi connectivity index (χ4v) is 4.14. The Morgan fingerprint density at radius 1 is 0.875 bits per heavy atom. The van der Waals surface area contributed by atoms with Crippen molar-refractivity contribution in [3.63, 3.8) is 0 Å². The van der Waals surface area contributed by atoms with Crippen molar-refractivity contribution in [3.05, 3.63) is 70.6 Å². The third-order valence-electron chi connectivity index (χ3n) is 4.02. The first-order valence-corrected chi connectivity index (χ1v) is 9.67. The minimum atomic E-state index is -3.40. The molecule has 126 valence electrons. The molecule has 1 heterocycles. The molecule has 0 N–H and O–H groups in total. The largest absolute Gasteiger partial charge is 0.368 e. The van der Waals surface area contributed by atoms with Gasteiger partial charge in [-0.15, -0.1) is 0 Å². The highest BCUT2D eigenvalue weighted by atomic mass is 35.5. The summed E-state index contributed by atoms with van der Waals surface area (Å²) in [6, 6.07) is 17.1. The first-order chi connectivity index (χ1) is 11.6. The predicted octanol–water partition coefficient (Wildman–Crippen LogP) is 3.46. The smallest absolute Gasteiger partial charge is 0.236 e. The number of benzene rings is 2. The van der Waals surface area contributed by atoms with Gasteiger partial charge in [-0.05, 0) is 23.8 Å². The number of halogens is 1. The maximum atomic E-state index is 12.5. The van der Waals surface area contributed by atoms with E-state index in [0.717, 1.165) is 11.3 Å². The van der Waals surface area contributed by atoms with Crippen LogP contribution in [0, 0.1) is 0 Å². The second-order valence-electron chi connectivity index (χ2n) is 5.60. The number of hydrogen-bond acceptors (Lipinski definition) is 3. The lowest BCUT2D eigenvalue weighted by Crippen LogP contribution is -2.48. The van der Waals surface area contributed by atoms with E-state index in [2.05, 4.69) is 4.90 Å². The summed E-state index contributed by atoms with van der Waals surface area (Å²) in [5.74, 6) is 0. The Morgan fingerprint density at radius 3 is 2.17 bits per heavy atom. The van der Waals surface area contributed by atoms with Gasteiger partial charge in [0.05, 0.1) is 10.7 Å². The van der Waals surface area contributed by atoms with Crippen molar-refractivity contribution in [1.29, 1.82) is 0 Å². The van der Waals surface area contributed by atoms with Crippen molar-refractivity contribution in [3.8, 4) is 0 Å². The monoisotopic (exact) mass is 362 g/mol. The van der Waals surface area contributed by atoms with Crippen LogP contribution in [-0.2, 0) is 10.0 Å². The quantitative estimate of drug-likeness (QED) is 0.836. The molecule has 0 unspecified atom stereocenters. The molecule has 2 aromatic rings. The average Bonchev–Trinajstić information content (AvgIpc) is 2.62. The molecule has 0 radical (unpaired) electrons. The molecule has 1 aliphatic heterocycles. The number of para-hydroxylation sites is 1. The Bertz CT molecular complexity index is 814. The summed E-state index contributed by atoms with van der Waals surface area (Å²) >= 11 is 6.22. The Balaban J connectivity index is 1.65. The fourth-order valence-electron chi connectivity index (χ4n) is 2.71. The molecule has 0 amide bonds. The maximum absolute atomic E-state index is 12.5. The van der Waals surface area contributed by atoms with Gasteiger partial charge in [0.15, 0.2) is 0 Å². The van der Waals surface area contributed by atoms with E-state index < -0.39 is 10.0 Å². The third-order valence-corrected chi connectivity index (χ3v) is 5.91. The number of hydrogen-bond donors (Lipinski definition) is 0. The standard InChI is InChI=1S/C18H19ClN2O2S/c19-17-8-4-5-9-18(17)20-11-13-21(14-12-20)24(22,23)15-10-16-6-2-1-3-7-16/h1-10,15H,11-14H2/b15-10+. The lowest BCUT2D eigenvalue weighted by Gasteiger charge is -2.35. The van der Waals surface area contributed by atoms with Gasteiger partial charge in [-0.3, -0.25) is 0 Å². The maximum Gasteiger partial charge on any atom is 0.236 e. The summed E-state index contributed by atoms with van der Waals surface area (Å²) in [6.45, 7) is 2.16. The van der Waals surface area contributed by atoms with Gasteiger partial charge in [0.25, 0.3) is 0 Å². The number of rotatable bonds is 4. The Kier molecular flexibility index (Phi) is 5.23. The van der Waals surface area contributed by atoms with Crippen LogP contribution in [0.1, 0.15) is 5.56 Å². The average molecular weight is 363 g/mol. The second-order valence-corrected chi connectivity index (χ2v) is 7.82. The molecule has 6 heteroatoms. The van der Waals surface area contributed by atoms with Crippen molar-refractivity contribution in [1.82, 2.24) is 4.31 Å². The molecule has 4 nitrogen and oxygen atoms in total. The topological polar surface area (TPSA) is 40.6 Å². The van der Waals surface area contributed by atoms with Gasteiger partial charge < -0.3 is 4.90 Å². The Labute approximate surface area is 148 Å². The molecule has 0 spiro atoms. The van der Waals surface area contributed by atoms with Crippen molar-refractivity contribution >= 4 is 33.4 Å². The zero-order chi connectivity index (χ0) is 17.0. The second kappa shape index (κ2) is 7.38. The summed E-state index contributed by atoms with van der Waals surface area (Å²) < 4.78 is 26.4. The number of piperazine rings is 1. The SMILES string of the molecule is O=S(=O)(/C=C/c1ccccc1)N1CCN(c2ccccc2Cl)CC1. The molecule has 24 heavy (non-hydrogen) atoms. The highest BCUT2D eigenvalue weighted by Crippen LogP contribution is 2.26. The van der Waals surface area contributed by atoms with Crippen LogP contribution in [0.25, 0.3) is 6.08 Å². The lowest BCUT2D eigenvalue weighted by molar-refractivity contribution is 0.390. The van der Waals surface area contributed by atoms with Crippen molar-refractivity contribution in [2.75, 3.05) is 31.1 Å². The van der Waals surface area contributed by atoms with E-state index in [9.17, 15) is 8.42 Å². The van der Waals surface area contributed by atoms with Crippen LogP contribution in [0.15, 0.2) is 60.0 Å². The molecule has 0 saturated carbocycles. The molecule has 1 fully saturated rings. The summed E-state index contributed by atoms with van der Waals surface area (Å²) in [5.41, 5.74) is 1.83. The lowest BCUT2D eigenvalue weighted by atomic mass is 10.2. The van der Waals surface area contributed by atoms with Gasteiger partial charge in [-0.1, -0.05) is 54.1 Å². The number of anilines is 1. The summed E-state index contributed by atoms with van der Waals surface area (Å²) in [5, 5.41) is 1.98. The molecule has 0 aromatic heterocycles. The van der Waals surface area contributed by atoms with Gasteiger partial charge >= 0.3 is 0 Å². The molecule has 3 rings (SSSR count). The minimum absolute atomic E-state index is 0.451. The first-order valence-electron chi connectivity index (χ1n) is 7.79. The molecule has 0 bridgehead atoms. The van der Waals surface area contributed by atoms with E-state index >= 15 is 0 Å². The van der Waals surface area contributed by atoms with Crippen LogP contribution >= 0.6 is 11.6 Å². The number of nitrogens with zero attached hydrogens (tertiary/aromatic N) is 2. The molecule has 0 aliphatic carbocycles. The van der Waals surface area contributed by atoms with E-state index in [4.69, 9.17) is 11.6 Å². The number of sulfonamides is 1. The molecule has 0 atom stereocenters. The van der Waals surface area contributed by atoms with Gasteiger partial charge in [0, 0.05) is 31.6 Å². The molecule has 2 aromatic carbocycles. The van der Waals surface area contributed by atoms with Crippen LogP contribution in [0.5, 0.6) is 0 Å². The zero-order valence-electron chi connectivity index (χ0n) is 13.2. The summed E-state index contributed by atoms with van der Waals surface area (Å²) in [4.78, 5) is 2.12. The van der Waals surface area contributed by atoms with E-state index in [0.29, 0.717) is 31.2 Å². The Morgan fingerprint density at radius 2 is 1.50 bits per heavy atom. The van der Waals surface area contributed by atoms with Crippen LogP contribution in [-0.4, -0.2) is 38.9 Å². The van der Waals surface area contributed by atoms with Crippen LogP contribution in [0.2, 0.25) is 5.02 Å². The molecule has 1 saturated heterocycles. The highest BCUT2D eigenvalue weighted by Gasteiger charge is 2.25. The van der Waals surface area contributed by atoms with Crippen LogP contribution < -0.4 is 4.90 Å². The Hall–Kier alpha value is -1.82. The zero-order valence-corrected chi connectivity index (χ0v) is 14.7. The highest BCUT2D eigenvalue weighted by molar-refractivity contribution is 7.92. The summed E-state index contributed by atoms with van der Waals surface area (Å²) in [6.07, 6.45) is 1.63. The normalized spacial score (nSPS) is 16.6. The van der Waals surface area contributed by atoms with E-state index in [1.165, 1.54) is 9.71 Å². The van der Waals surface area contributed by atoms with Gasteiger partial charge in [-0.25, -0.2) is 8.42 Å². The van der Waals surface area contributed by atoms with Gasteiger partial charge in [-0.2, -0.15) is 4.31 Å². The van der Waals surface area contributed by atoms with E-state index in [1.54, 1.807) is 6.08 Å². The van der Waals surface area contributed by atoms with Gasteiger partial charge in [0.2, 0.25) is 10.0 Å². The first kappa shape index (κ1) is 17.0. The molecular weight excluding hydrogens is 344 g/mol. The van der Waals surface area contributed by atoms with E-state index in [1.807, 2.05) is 54.6 Å². The van der Waals surface area contributed by atoms with Crippen LogP contribution in [0.3, 0.4) is 0 Å².